The van der Waals surface area contributed by atoms with Gasteiger partial charge in [-0.05, 0) is 57.9 Å². The molecule has 2 saturated carbocycles. The van der Waals surface area contributed by atoms with Gasteiger partial charge in [-0.3, -0.25) is 4.90 Å². The monoisotopic (exact) mass is 266 g/mol. The van der Waals surface area contributed by atoms with E-state index in [9.17, 15) is 0 Å². The van der Waals surface area contributed by atoms with Gasteiger partial charge in [-0.1, -0.05) is 12.8 Å². The summed E-state index contributed by atoms with van der Waals surface area (Å²) in [5.41, 5.74) is 6.45. The van der Waals surface area contributed by atoms with Crippen LogP contribution >= 0.6 is 0 Å². The van der Waals surface area contributed by atoms with Crippen LogP contribution in [0, 0.1) is 5.92 Å². The Kier molecular flexibility index (Phi) is 4.16. The van der Waals surface area contributed by atoms with Crippen LogP contribution in [0.5, 0.6) is 0 Å². The van der Waals surface area contributed by atoms with Crippen molar-refractivity contribution >= 4 is 0 Å². The lowest BCUT2D eigenvalue weighted by atomic mass is 9.71. The van der Waals surface area contributed by atoms with Crippen LogP contribution in [0.4, 0.5) is 0 Å². The van der Waals surface area contributed by atoms with Gasteiger partial charge in [0.2, 0.25) is 0 Å². The fourth-order valence-corrected chi connectivity index (χ4v) is 4.87. The molecule has 3 heteroatoms. The van der Waals surface area contributed by atoms with Crippen molar-refractivity contribution in [2.24, 2.45) is 11.7 Å². The molecule has 0 amide bonds. The maximum absolute atomic E-state index is 6.17. The quantitative estimate of drug-likeness (QED) is 0.831. The number of ether oxygens (including phenoxy) is 1. The van der Waals surface area contributed by atoms with E-state index in [1.807, 2.05) is 0 Å². The average Bonchev–Trinajstić information content (AvgIpc) is 3.02. The van der Waals surface area contributed by atoms with E-state index in [4.69, 9.17) is 10.5 Å². The van der Waals surface area contributed by atoms with Gasteiger partial charge in [0.25, 0.3) is 0 Å². The summed E-state index contributed by atoms with van der Waals surface area (Å²) in [6.45, 7) is 5.04. The van der Waals surface area contributed by atoms with Gasteiger partial charge in [0.1, 0.15) is 0 Å². The Balaban J connectivity index is 1.65. The third-order valence-electron chi connectivity index (χ3n) is 5.85. The van der Waals surface area contributed by atoms with Crippen LogP contribution in [0.2, 0.25) is 0 Å². The highest BCUT2D eigenvalue weighted by Gasteiger charge is 2.52. The number of rotatable bonds is 5. The van der Waals surface area contributed by atoms with Crippen molar-refractivity contribution in [2.45, 2.75) is 76.0 Å². The molecule has 1 unspecified atom stereocenters. The first-order valence-corrected chi connectivity index (χ1v) is 8.37. The van der Waals surface area contributed by atoms with Crippen molar-refractivity contribution in [3.05, 3.63) is 0 Å². The smallest absolute Gasteiger partial charge is 0.0611 e. The standard InChI is InChI=1S/C16H30N2O/c1-2-19-14-10-16(11-14,12-17)18-9-5-8-15(18)13-6-3-4-7-13/h13-15H,2-12,17H2,1H3. The Labute approximate surface area is 117 Å². The molecule has 0 spiro atoms. The van der Waals surface area contributed by atoms with Crippen molar-refractivity contribution in [3.8, 4) is 0 Å². The molecule has 3 aliphatic rings. The van der Waals surface area contributed by atoms with E-state index in [-0.39, 0.29) is 5.54 Å². The molecule has 2 aliphatic carbocycles. The molecule has 1 saturated heterocycles. The molecule has 3 rings (SSSR count). The molecule has 1 atom stereocenters. The maximum atomic E-state index is 6.17. The lowest BCUT2D eigenvalue weighted by Gasteiger charge is -2.55. The lowest BCUT2D eigenvalue weighted by Crippen LogP contribution is -2.65. The van der Waals surface area contributed by atoms with Crippen LogP contribution < -0.4 is 5.73 Å². The predicted octanol–water partition coefficient (Wildman–Crippen LogP) is 2.54. The van der Waals surface area contributed by atoms with E-state index >= 15 is 0 Å². The third kappa shape index (κ3) is 2.45. The Morgan fingerprint density at radius 1 is 1.16 bits per heavy atom. The Bertz CT molecular complexity index is 295. The van der Waals surface area contributed by atoms with Crippen LogP contribution in [-0.4, -0.2) is 42.3 Å². The molecule has 0 bridgehead atoms. The molecule has 3 fully saturated rings. The van der Waals surface area contributed by atoms with Gasteiger partial charge in [-0.2, -0.15) is 0 Å². The first kappa shape index (κ1) is 13.8. The SMILES string of the molecule is CCOC1CC(CN)(N2CCCC2C2CCCC2)C1. The second-order valence-electron chi connectivity index (χ2n) is 6.86. The summed E-state index contributed by atoms with van der Waals surface area (Å²) >= 11 is 0. The molecule has 0 aromatic carbocycles. The number of likely N-dealkylation sites (tertiary alicyclic amines) is 1. The summed E-state index contributed by atoms with van der Waals surface area (Å²) in [4.78, 5) is 2.80. The number of nitrogens with zero attached hydrogens (tertiary/aromatic N) is 1. The highest BCUT2D eigenvalue weighted by molar-refractivity contribution is 5.08. The van der Waals surface area contributed by atoms with Gasteiger partial charge >= 0.3 is 0 Å². The second kappa shape index (κ2) is 5.71. The van der Waals surface area contributed by atoms with Gasteiger partial charge < -0.3 is 10.5 Å². The minimum atomic E-state index is 0.281. The van der Waals surface area contributed by atoms with Gasteiger partial charge in [0, 0.05) is 24.7 Å². The van der Waals surface area contributed by atoms with Crippen LogP contribution in [-0.2, 0) is 4.74 Å². The highest BCUT2D eigenvalue weighted by Crippen LogP contribution is 2.46. The molecule has 1 heterocycles. The van der Waals surface area contributed by atoms with E-state index in [1.54, 1.807) is 0 Å². The zero-order valence-electron chi connectivity index (χ0n) is 12.4. The van der Waals surface area contributed by atoms with E-state index in [2.05, 4.69) is 11.8 Å². The van der Waals surface area contributed by atoms with Crippen molar-refractivity contribution in [2.75, 3.05) is 19.7 Å². The molecule has 2 N–H and O–H groups in total. The van der Waals surface area contributed by atoms with E-state index in [0.717, 1.165) is 25.1 Å². The lowest BCUT2D eigenvalue weighted by molar-refractivity contribution is -0.109. The van der Waals surface area contributed by atoms with Crippen molar-refractivity contribution < 1.29 is 4.74 Å². The topological polar surface area (TPSA) is 38.5 Å². The minimum absolute atomic E-state index is 0.281. The third-order valence-corrected chi connectivity index (χ3v) is 5.85. The first-order chi connectivity index (χ1) is 9.29. The zero-order chi connectivity index (χ0) is 13.3. The summed E-state index contributed by atoms with van der Waals surface area (Å²) < 4.78 is 5.77. The Morgan fingerprint density at radius 3 is 2.53 bits per heavy atom. The molecule has 0 aromatic rings. The van der Waals surface area contributed by atoms with Crippen LogP contribution in [0.15, 0.2) is 0 Å². The van der Waals surface area contributed by atoms with Gasteiger partial charge in [-0.25, -0.2) is 0 Å². The molecule has 0 aromatic heterocycles. The number of nitrogens with two attached hydrogens (primary N) is 1. The summed E-state index contributed by atoms with van der Waals surface area (Å²) in [7, 11) is 0. The van der Waals surface area contributed by atoms with E-state index in [1.165, 1.54) is 57.9 Å². The van der Waals surface area contributed by atoms with Crippen molar-refractivity contribution in [3.63, 3.8) is 0 Å². The summed E-state index contributed by atoms with van der Waals surface area (Å²) in [6.07, 6.45) is 11.4. The molecule has 3 nitrogen and oxygen atoms in total. The Morgan fingerprint density at radius 2 is 1.89 bits per heavy atom. The van der Waals surface area contributed by atoms with E-state index < -0.39 is 0 Å². The summed E-state index contributed by atoms with van der Waals surface area (Å²) in [5, 5.41) is 0. The predicted molar refractivity (Wildman–Crippen MR) is 78.1 cm³/mol. The van der Waals surface area contributed by atoms with Gasteiger partial charge in [-0.15, -0.1) is 0 Å². The fourth-order valence-electron chi connectivity index (χ4n) is 4.87. The van der Waals surface area contributed by atoms with Gasteiger partial charge in [0.05, 0.1) is 6.10 Å². The Hall–Kier alpha value is -0.120. The minimum Gasteiger partial charge on any atom is -0.378 e. The molecule has 0 radical (unpaired) electrons. The average molecular weight is 266 g/mol. The van der Waals surface area contributed by atoms with Gasteiger partial charge in [0.15, 0.2) is 0 Å². The first-order valence-electron chi connectivity index (χ1n) is 8.37. The largest absolute Gasteiger partial charge is 0.378 e. The van der Waals surface area contributed by atoms with Crippen LogP contribution in [0.25, 0.3) is 0 Å². The van der Waals surface area contributed by atoms with E-state index in [0.29, 0.717) is 6.10 Å². The number of hydrogen-bond acceptors (Lipinski definition) is 3. The highest BCUT2D eigenvalue weighted by atomic mass is 16.5. The second-order valence-corrected chi connectivity index (χ2v) is 6.86. The van der Waals surface area contributed by atoms with Crippen LogP contribution in [0.3, 0.4) is 0 Å². The normalized spacial score (nSPS) is 40.7. The molecule has 110 valence electrons. The molecular weight excluding hydrogens is 236 g/mol. The van der Waals surface area contributed by atoms with Crippen molar-refractivity contribution in [1.29, 1.82) is 0 Å². The fraction of sp³-hybridized carbons (Fsp3) is 1.00. The molecule has 19 heavy (non-hydrogen) atoms. The summed E-state index contributed by atoms with van der Waals surface area (Å²) in [5.74, 6) is 0.956. The maximum Gasteiger partial charge on any atom is 0.0611 e. The molecular formula is C16H30N2O. The molecule has 1 aliphatic heterocycles. The summed E-state index contributed by atoms with van der Waals surface area (Å²) in [6, 6.07) is 0.827. The van der Waals surface area contributed by atoms with Crippen LogP contribution in [0.1, 0.15) is 58.3 Å². The van der Waals surface area contributed by atoms with Crippen molar-refractivity contribution in [1.82, 2.24) is 4.90 Å². The zero-order valence-corrected chi connectivity index (χ0v) is 12.4. The number of hydrogen-bond donors (Lipinski definition) is 1.